The van der Waals surface area contributed by atoms with Gasteiger partial charge in [0.15, 0.2) is 0 Å². The van der Waals surface area contributed by atoms with Gasteiger partial charge in [-0.2, -0.15) is 13.2 Å². The molecule has 1 aromatic heterocycles. The van der Waals surface area contributed by atoms with Gasteiger partial charge in [0.25, 0.3) is 0 Å². The lowest BCUT2D eigenvalue weighted by molar-refractivity contribution is -0.245. The number of hydrogen-bond donors (Lipinski definition) is 0. The second-order valence-electron chi connectivity index (χ2n) is 5.64. The molecule has 1 unspecified atom stereocenters. The minimum absolute atomic E-state index is 0.0318. The van der Waals surface area contributed by atoms with Crippen molar-refractivity contribution in [3.05, 3.63) is 59.9 Å². The molecular weight excluding hydrogens is 393 g/mol. The molecule has 9 heteroatoms. The molecular formula is C19H13F3N2O3S. The third-order valence-electron chi connectivity index (χ3n) is 3.71. The number of alkyl halides is 3. The zero-order valence-corrected chi connectivity index (χ0v) is 15.1. The molecule has 5 nitrogen and oxygen atoms in total. The first-order valence-electron chi connectivity index (χ1n) is 7.94. The van der Waals surface area contributed by atoms with Crippen LogP contribution >= 0.6 is 11.8 Å². The van der Waals surface area contributed by atoms with E-state index in [9.17, 15) is 18.0 Å². The number of ether oxygens (including phenoxy) is 2. The van der Waals surface area contributed by atoms with Crippen molar-refractivity contribution in [2.24, 2.45) is 4.99 Å². The molecule has 2 heterocycles. The number of aliphatic imine (C=N–C) groups is 1. The van der Waals surface area contributed by atoms with E-state index in [0.29, 0.717) is 11.3 Å². The lowest BCUT2D eigenvalue weighted by Crippen LogP contribution is -2.48. The molecule has 0 saturated carbocycles. The van der Waals surface area contributed by atoms with E-state index in [1.54, 1.807) is 12.1 Å². The second kappa shape index (κ2) is 7.94. The zero-order valence-electron chi connectivity index (χ0n) is 14.3. The molecule has 3 rings (SSSR count). The van der Waals surface area contributed by atoms with Gasteiger partial charge in [0.1, 0.15) is 17.4 Å². The highest BCUT2D eigenvalue weighted by Crippen LogP contribution is 2.44. The molecule has 0 N–H and O–H groups in total. The molecule has 1 aliphatic rings. The van der Waals surface area contributed by atoms with Gasteiger partial charge < -0.3 is 9.47 Å². The first-order valence-corrected chi connectivity index (χ1v) is 8.93. The standard InChI is InChI=1S/C19H13F3N2O3S/c1-2-10-26-15-7-5-13(6-8-15)17(25)27-18(19(20,21)22)12-28-16(24-18)14-4-3-9-23-11-14/h1,3-9,11H,10,12H2. The minimum Gasteiger partial charge on any atom is -0.481 e. The van der Waals surface area contributed by atoms with Gasteiger partial charge in [0.05, 0.1) is 11.3 Å². The summed E-state index contributed by atoms with van der Waals surface area (Å²) in [6.07, 6.45) is 3.10. The molecule has 1 aliphatic heterocycles. The monoisotopic (exact) mass is 406 g/mol. The summed E-state index contributed by atoms with van der Waals surface area (Å²) in [5, 5.41) is 0.108. The second-order valence-corrected chi connectivity index (χ2v) is 6.60. The van der Waals surface area contributed by atoms with Crippen molar-refractivity contribution in [3.63, 3.8) is 0 Å². The molecule has 2 aromatic rings. The van der Waals surface area contributed by atoms with Crippen LogP contribution in [0.3, 0.4) is 0 Å². The lowest BCUT2D eigenvalue weighted by Gasteiger charge is -2.27. The van der Waals surface area contributed by atoms with Crippen molar-refractivity contribution in [2.75, 3.05) is 12.4 Å². The summed E-state index contributed by atoms with van der Waals surface area (Å²) in [6, 6.07) is 8.60. The first kappa shape index (κ1) is 19.8. The van der Waals surface area contributed by atoms with Gasteiger partial charge in [-0.1, -0.05) is 17.7 Å². The van der Waals surface area contributed by atoms with Crippen LogP contribution in [-0.2, 0) is 4.74 Å². The lowest BCUT2D eigenvalue weighted by atomic mass is 10.2. The third-order valence-corrected chi connectivity index (χ3v) is 4.85. The fourth-order valence-corrected chi connectivity index (χ4v) is 3.43. The zero-order chi connectivity index (χ0) is 20.2. The molecule has 144 valence electrons. The Balaban J connectivity index is 1.83. The summed E-state index contributed by atoms with van der Waals surface area (Å²) in [4.78, 5) is 19.9. The highest BCUT2D eigenvalue weighted by molar-refractivity contribution is 8.14. The van der Waals surface area contributed by atoms with Crippen LogP contribution in [0.5, 0.6) is 5.75 Å². The predicted molar refractivity (Wildman–Crippen MR) is 98.2 cm³/mol. The Morgan fingerprint density at radius 1 is 1.29 bits per heavy atom. The number of halogens is 3. The minimum atomic E-state index is -4.88. The van der Waals surface area contributed by atoms with Crippen LogP contribution in [0.25, 0.3) is 0 Å². The number of carbonyl (C=O) groups excluding carboxylic acids is 1. The molecule has 0 spiro atoms. The van der Waals surface area contributed by atoms with E-state index in [1.807, 2.05) is 0 Å². The van der Waals surface area contributed by atoms with E-state index in [-0.39, 0.29) is 17.2 Å². The Labute approximate surface area is 163 Å². The summed E-state index contributed by atoms with van der Waals surface area (Å²) in [6.45, 7) is 0.0318. The van der Waals surface area contributed by atoms with Crippen molar-refractivity contribution in [2.45, 2.75) is 11.9 Å². The highest BCUT2D eigenvalue weighted by atomic mass is 32.2. The maximum atomic E-state index is 13.7. The van der Waals surface area contributed by atoms with Crippen LogP contribution in [0.4, 0.5) is 13.2 Å². The third kappa shape index (κ3) is 4.12. The van der Waals surface area contributed by atoms with Crippen LogP contribution in [-0.4, -0.2) is 40.3 Å². The summed E-state index contributed by atoms with van der Waals surface area (Å²) >= 11 is 0.852. The average molecular weight is 406 g/mol. The molecule has 1 atom stereocenters. The largest absolute Gasteiger partial charge is 0.481 e. The fraction of sp³-hybridized carbons (Fsp3) is 0.211. The van der Waals surface area contributed by atoms with Crippen LogP contribution in [0, 0.1) is 12.3 Å². The van der Waals surface area contributed by atoms with Crippen molar-refractivity contribution in [3.8, 4) is 18.1 Å². The molecule has 0 amide bonds. The molecule has 0 radical (unpaired) electrons. The number of benzene rings is 1. The van der Waals surface area contributed by atoms with Gasteiger partial charge in [-0.3, -0.25) is 4.98 Å². The predicted octanol–water partition coefficient (Wildman–Crippen LogP) is 3.70. The number of esters is 1. The van der Waals surface area contributed by atoms with E-state index in [2.05, 4.69) is 15.9 Å². The van der Waals surface area contributed by atoms with Crippen LogP contribution in [0.1, 0.15) is 15.9 Å². The van der Waals surface area contributed by atoms with Gasteiger partial charge in [-0.15, -0.1) is 6.42 Å². The van der Waals surface area contributed by atoms with E-state index in [0.717, 1.165) is 11.8 Å². The van der Waals surface area contributed by atoms with E-state index in [1.165, 1.54) is 36.7 Å². The topological polar surface area (TPSA) is 60.8 Å². The summed E-state index contributed by atoms with van der Waals surface area (Å²) in [5.74, 6) is 0.949. The number of nitrogens with zero attached hydrogens (tertiary/aromatic N) is 2. The van der Waals surface area contributed by atoms with Crippen LogP contribution in [0.15, 0.2) is 53.8 Å². The summed E-state index contributed by atoms with van der Waals surface area (Å²) in [7, 11) is 0. The molecule has 0 aliphatic carbocycles. The quantitative estimate of drug-likeness (QED) is 0.560. The van der Waals surface area contributed by atoms with Gasteiger partial charge in [-0.05, 0) is 36.4 Å². The van der Waals surface area contributed by atoms with Crippen molar-refractivity contribution in [1.29, 1.82) is 0 Å². The number of aromatic nitrogens is 1. The normalized spacial score (nSPS) is 18.9. The van der Waals surface area contributed by atoms with Gasteiger partial charge in [0.2, 0.25) is 0 Å². The van der Waals surface area contributed by atoms with Gasteiger partial charge >= 0.3 is 17.9 Å². The molecule has 28 heavy (non-hydrogen) atoms. The number of carbonyl (C=O) groups is 1. The van der Waals surface area contributed by atoms with E-state index >= 15 is 0 Å². The van der Waals surface area contributed by atoms with E-state index < -0.39 is 23.6 Å². The first-order chi connectivity index (χ1) is 13.3. The molecule has 0 saturated heterocycles. The van der Waals surface area contributed by atoms with Crippen LogP contribution in [0.2, 0.25) is 0 Å². The molecule has 0 bridgehead atoms. The maximum Gasteiger partial charge on any atom is 0.451 e. The van der Waals surface area contributed by atoms with E-state index in [4.69, 9.17) is 15.9 Å². The van der Waals surface area contributed by atoms with Crippen molar-refractivity contribution in [1.82, 2.24) is 4.98 Å². The number of hydrogen-bond acceptors (Lipinski definition) is 6. The number of pyridine rings is 1. The Kier molecular flexibility index (Phi) is 5.61. The Hall–Kier alpha value is -2.99. The van der Waals surface area contributed by atoms with Crippen molar-refractivity contribution >= 4 is 22.8 Å². The Morgan fingerprint density at radius 2 is 2.04 bits per heavy atom. The Bertz CT molecular complexity index is 924. The number of thioether (sulfide) groups is 1. The van der Waals surface area contributed by atoms with Crippen LogP contribution < -0.4 is 4.74 Å². The smallest absolute Gasteiger partial charge is 0.451 e. The van der Waals surface area contributed by atoms with Crippen molar-refractivity contribution < 1.29 is 27.4 Å². The van der Waals surface area contributed by atoms with Gasteiger partial charge in [-0.25, -0.2) is 9.79 Å². The summed E-state index contributed by atoms with van der Waals surface area (Å²) in [5.41, 5.74) is -2.60. The fourth-order valence-electron chi connectivity index (χ4n) is 2.31. The average Bonchev–Trinajstić information content (AvgIpc) is 3.13. The maximum absolute atomic E-state index is 13.7. The molecule has 0 fully saturated rings. The van der Waals surface area contributed by atoms with Gasteiger partial charge in [0, 0.05) is 18.0 Å². The highest BCUT2D eigenvalue weighted by Gasteiger charge is 2.61. The molecule has 1 aromatic carbocycles. The SMILES string of the molecule is C#CCOc1ccc(C(=O)OC2(C(F)(F)F)CSC(c3cccnc3)=N2)cc1. The number of terminal acetylenes is 1. The summed E-state index contributed by atoms with van der Waals surface area (Å²) < 4.78 is 51.2. The number of rotatable bonds is 5. The Morgan fingerprint density at radius 3 is 2.64 bits per heavy atom.